The van der Waals surface area contributed by atoms with Gasteiger partial charge in [-0.1, -0.05) is 49.7 Å². The molecule has 0 amide bonds. The van der Waals surface area contributed by atoms with Gasteiger partial charge < -0.3 is 14.7 Å². The first kappa shape index (κ1) is 19.1. The summed E-state index contributed by atoms with van der Waals surface area (Å²) in [6.45, 7) is 7.44. The largest absolute Gasteiger partial charge is 0.490 e. The fourth-order valence-electron chi connectivity index (χ4n) is 2.33. The normalized spacial score (nSPS) is 11.7. The summed E-state index contributed by atoms with van der Waals surface area (Å²) in [5, 5.41) is 12.3. The van der Waals surface area contributed by atoms with Crippen LogP contribution in [-0.2, 0) is 5.41 Å². The third-order valence-corrected chi connectivity index (χ3v) is 4.53. The molecule has 0 radical (unpaired) electrons. The number of hydrogen-bond donors (Lipinski definition) is 1. The summed E-state index contributed by atoms with van der Waals surface area (Å²) in [4.78, 5) is 0. The second-order valence-electron chi connectivity index (χ2n) is 6.39. The molecule has 134 valence electrons. The van der Waals surface area contributed by atoms with Crippen molar-refractivity contribution < 1.29 is 14.7 Å². The van der Waals surface area contributed by atoms with Gasteiger partial charge in [-0.3, -0.25) is 0 Å². The molecule has 0 saturated carbocycles. The lowest BCUT2D eigenvalue weighted by Gasteiger charge is -2.23. The molecule has 2 aromatic carbocycles. The standard InChI is InChI=1S/C20H24ClNO3/c1-4-20(2,3)16-5-8-18(9-6-16)24-11-12-25-19-10-7-17(21)13-15(19)14-22-23/h5-10,13-14,23H,4,11-12H2,1-3H3. The third kappa shape index (κ3) is 5.40. The Balaban J connectivity index is 1.88. The summed E-state index contributed by atoms with van der Waals surface area (Å²) < 4.78 is 11.4. The molecule has 5 heteroatoms. The van der Waals surface area contributed by atoms with Gasteiger partial charge in [0.25, 0.3) is 0 Å². The second kappa shape index (κ2) is 8.77. The first-order chi connectivity index (χ1) is 12.0. The van der Waals surface area contributed by atoms with E-state index in [1.54, 1.807) is 18.2 Å². The van der Waals surface area contributed by atoms with Crippen LogP contribution >= 0.6 is 11.6 Å². The topological polar surface area (TPSA) is 51.0 Å². The van der Waals surface area contributed by atoms with E-state index in [0.29, 0.717) is 29.5 Å². The zero-order chi connectivity index (χ0) is 18.3. The molecule has 0 aliphatic carbocycles. The molecule has 0 aromatic heterocycles. The zero-order valence-electron chi connectivity index (χ0n) is 14.8. The second-order valence-corrected chi connectivity index (χ2v) is 6.82. The van der Waals surface area contributed by atoms with Crippen LogP contribution in [0.25, 0.3) is 0 Å². The van der Waals surface area contributed by atoms with Crippen molar-refractivity contribution in [1.82, 2.24) is 0 Å². The summed E-state index contributed by atoms with van der Waals surface area (Å²) in [6, 6.07) is 13.3. The molecule has 0 spiro atoms. The highest BCUT2D eigenvalue weighted by molar-refractivity contribution is 6.30. The smallest absolute Gasteiger partial charge is 0.128 e. The Kier molecular flexibility index (Phi) is 6.71. The molecular weight excluding hydrogens is 338 g/mol. The predicted octanol–water partition coefficient (Wildman–Crippen LogP) is 5.29. The fraction of sp³-hybridized carbons (Fsp3) is 0.350. The Hall–Kier alpha value is -2.20. The van der Waals surface area contributed by atoms with Crippen LogP contribution < -0.4 is 9.47 Å². The Labute approximate surface area is 154 Å². The molecule has 0 heterocycles. The number of oxime groups is 1. The number of rotatable bonds is 8. The summed E-state index contributed by atoms with van der Waals surface area (Å²) in [6.07, 6.45) is 2.37. The number of benzene rings is 2. The number of ether oxygens (including phenoxy) is 2. The van der Waals surface area contributed by atoms with Gasteiger partial charge in [0.15, 0.2) is 0 Å². The lowest BCUT2D eigenvalue weighted by atomic mass is 9.82. The van der Waals surface area contributed by atoms with Crippen molar-refractivity contribution in [3.8, 4) is 11.5 Å². The minimum atomic E-state index is 0.168. The van der Waals surface area contributed by atoms with Gasteiger partial charge in [-0.25, -0.2) is 0 Å². The average molecular weight is 362 g/mol. The fourth-order valence-corrected chi connectivity index (χ4v) is 2.51. The van der Waals surface area contributed by atoms with Crippen LogP contribution in [0.5, 0.6) is 11.5 Å². The summed E-state index contributed by atoms with van der Waals surface area (Å²) in [7, 11) is 0. The van der Waals surface area contributed by atoms with E-state index in [1.807, 2.05) is 12.1 Å². The van der Waals surface area contributed by atoms with Crippen molar-refractivity contribution in [1.29, 1.82) is 0 Å². The maximum Gasteiger partial charge on any atom is 0.128 e. The molecule has 0 unspecified atom stereocenters. The Morgan fingerprint density at radius 1 is 1.08 bits per heavy atom. The molecule has 0 atom stereocenters. The van der Waals surface area contributed by atoms with Gasteiger partial charge in [0.1, 0.15) is 24.7 Å². The van der Waals surface area contributed by atoms with E-state index in [-0.39, 0.29) is 5.41 Å². The van der Waals surface area contributed by atoms with Crippen molar-refractivity contribution in [3.63, 3.8) is 0 Å². The van der Waals surface area contributed by atoms with Crippen molar-refractivity contribution in [3.05, 3.63) is 58.6 Å². The highest BCUT2D eigenvalue weighted by Crippen LogP contribution is 2.28. The van der Waals surface area contributed by atoms with E-state index in [4.69, 9.17) is 26.3 Å². The maximum atomic E-state index is 8.70. The molecule has 2 aromatic rings. The van der Waals surface area contributed by atoms with Gasteiger partial charge in [0, 0.05) is 10.6 Å². The lowest BCUT2D eigenvalue weighted by molar-refractivity contribution is 0.217. The lowest BCUT2D eigenvalue weighted by Crippen LogP contribution is -2.15. The molecule has 1 N–H and O–H groups in total. The van der Waals surface area contributed by atoms with Crippen LogP contribution in [0.15, 0.2) is 47.6 Å². The Morgan fingerprint density at radius 3 is 2.40 bits per heavy atom. The Morgan fingerprint density at radius 2 is 1.76 bits per heavy atom. The number of hydrogen-bond acceptors (Lipinski definition) is 4. The van der Waals surface area contributed by atoms with E-state index >= 15 is 0 Å². The summed E-state index contributed by atoms with van der Waals surface area (Å²) in [5.74, 6) is 1.40. The first-order valence-electron chi connectivity index (χ1n) is 8.29. The van der Waals surface area contributed by atoms with Crippen LogP contribution in [-0.4, -0.2) is 24.6 Å². The van der Waals surface area contributed by atoms with Gasteiger partial charge >= 0.3 is 0 Å². The molecule has 4 nitrogen and oxygen atoms in total. The molecule has 0 aliphatic rings. The van der Waals surface area contributed by atoms with Crippen molar-refractivity contribution in [2.45, 2.75) is 32.6 Å². The molecule has 0 fully saturated rings. The maximum absolute atomic E-state index is 8.70. The predicted molar refractivity (Wildman–Crippen MR) is 102 cm³/mol. The van der Waals surface area contributed by atoms with Crippen molar-refractivity contribution >= 4 is 17.8 Å². The van der Waals surface area contributed by atoms with Crippen molar-refractivity contribution in [2.24, 2.45) is 5.16 Å². The summed E-state index contributed by atoms with van der Waals surface area (Å²) in [5.41, 5.74) is 2.08. The van der Waals surface area contributed by atoms with Crippen LogP contribution in [0.1, 0.15) is 38.3 Å². The molecule has 0 bridgehead atoms. The van der Waals surface area contributed by atoms with Gasteiger partial charge in [-0.15, -0.1) is 0 Å². The number of halogens is 1. The van der Waals surface area contributed by atoms with E-state index in [0.717, 1.165) is 12.2 Å². The van der Waals surface area contributed by atoms with Crippen LogP contribution in [0.3, 0.4) is 0 Å². The van der Waals surface area contributed by atoms with Gasteiger partial charge in [-0.05, 0) is 47.7 Å². The molecule has 2 rings (SSSR count). The quantitative estimate of drug-likeness (QED) is 0.300. The van der Waals surface area contributed by atoms with E-state index in [2.05, 4.69) is 38.1 Å². The average Bonchev–Trinajstić information content (AvgIpc) is 2.61. The van der Waals surface area contributed by atoms with E-state index < -0.39 is 0 Å². The van der Waals surface area contributed by atoms with E-state index in [1.165, 1.54) is 11.8 Å². The van der Waals surface area contributed by atoms with Gasteiger partial charge in [0.2, 0.25) is 0 Å². The molecular formula is C20H24ClNO3. The molecule has 0 saturated heterocycles. The highest BCUT2D eigenvalue weighted by atomic mass is 35.5. The molecule has 25 heavy (non-hydrogen) atoms. The minimum Gasteiger partial charge on any atom is -0.490 e. The van der Waals surface area contributed by atoms with Crippen LogP contribution in [0.4, 0.5) is 0 Å². The highest BCUT2D eigenvalue weighted by Gasteiger charge is 2.17. The monoisotopic (exact) mass is 361 g/mol. The SMILES string of the molecule is CCC(C)(C)c1ccc(OCCOc2ccc(Cl)cc2C=NO)cc1. The molecule has 0 aliphatic heterocycles. The van der Waals surface area contributed by atoms with Gasteiger partial charge in [0.05, 0.1) is 6.21 Å². The van der Waals surface area contributed by atoms with Crippen LogP contribution in [0.2, 0.25) is 5.02 Å². The zero-order valence-corrected chi connectivity index (χ0v) is 15.6. The van der Waals surface area contributed by atoms with Crippen LogP contribution in [0, 0.1) is 0 Å². The Bertz CT molecular complexity index is 711. The van der Waals surface area contributed by atoms with Gasteiger partial charge in [-0.2, -0.15) is 0 Å². The third-order valence-electron chi connectivity index (χ3n) is 4.30. The summed E-state index contributed by atoms with van der Waals surface area (Å²) >= 11 is 5.93. The van der Waals surface area contributed by atoms with Crippen molar-refractivity contribution in [2.75, 3.05) is 13.2 Å². The minimum absolute atomic E-state index is 0.168. The first-order valence-corrected chi connectivity index (χ1v) is 8.67. The number of nitrogens with zero attached hydrogens (tertiary/aromatic N) is 1. The van der Waals surface area contributed by atoms with E-state index in [9.17, 15) is 0 Å².